The first-order chi connectivity index (χ1) is 15.8. The Balaban J connectivity index is 1.49. The molecule has 1 aliphatic heterocycles. The van der Waals surface area contributed by atoms with Crippen LogP contribution in [0.25, 0.3) is 22.3 Å². The van der Waals surface area contributed by atoms with Gasteiger partial charge < -0.3 is 9.64 Å². The third kappa shape index (κ3) is 3.96. The van der Waals surface area contributed by atoms with Gasteiger partial charge in [0.2, 0.25) is 5.95 Å². The van der Waals surface area contributed by atoms with Crippen molar-refractivity contribution in [1.29, 1.82) is 0 Å². The average Bonchev–Trinajstić information content (AvgIpc) is 3.16. The molecule has 0 atom stereocenters. The summed E-state index contributed by atoms with van der Waals surface area (Å²) in [6.07, 6.45) is 3.65. The second-order valence-electron chi connectivity index (χ2n) is 8.08. The SMILES string of the molecule is Cc1nc2c(-c3ccc(Cl)cc3F)nc(N3CC(OCc4cnn(C)c4)C3)nc2c(=O)n1C. The molecule has 1 aromatic carbocycles. The third-order valence-corrected chi connectivity index (χ3v) is 5.93. The van der Waals surface area contributed by atoms with Crippen LogP contribution in [0.3, 0.4) is 0 Å². The van der Waals surface area contributed by atoms with Crippen LogP contribution >= 0.6 is 11.6 Å². The van der Waals surface area contributed by atoms with E-state index in [9.17, 15) is 9.18 Å². The van der Waals surface area contributed by atoms with Crippen molar-refractivity contribution >= 4 is 28.6 Å². The van der Waals surface area contributed by atoms with Crippen LogP contribution in [-0.4, -0.2) is 48.5 Å². The molecule has 3 aromatic heterocycles. The number of anilines is 1. The van der Waals surface area contributed by atoms with Crippen LogP contribution in [-0.2, 0) is 25.4 Å². The lowest BCUT2D eigenvalue weighted by Gasteiger charge is -2.39. The van der Waals surface area contributed by atoms with Crippen LogP contribution < -0.4 is 10.5 Å². The highest BCUT2D eigenvalue weighted by Gasteiger charge is 2.31. The van der Waals surface area contributed by atoms with Crippen molar-refractivity contribution in [3.63, 3.8) is 0 Å². The Bertz CT molecular complexity index is 1430. The van der Waals surface area contributed by atoms with E-state index in [-0.39, 0.29) is 39.0 Å². The molecule has 4 aromatic rings. The molecule has 0 spiro atoms. The molecular weight excluding hydrogens is 449 g/mol. The number of fused-ring (bicyclic) bond motifs is 1. The Morgan fingerprint density at radius 2 is 1.97 bits per heavy atom. The Morgan fingerprint density at radius 3 is 2.67 bits per heavy atom. The zero-order valence-electron chi connectivity index (χ0n) is 18.3. The molecule has 0 amide bonds. The lowest BCUT2D eigenvalue weighted by Crippen LogP contribution is -2.53. The summed E-state index contributed by atoms with van der Waals surface area (Å²) in [5.41, 5.74) is 1.52. The summed E-state index contributed by atoms with van der Waals surface area (Å²) in [5.74, 6) is 0.262. The molecule has 11 heteroatoms. The maximum Gasteiger partial charge on any atom is 0.279 e. The molecule has 0 bridgehead atoms. The number of hydrogen-bond donors (Lipinski definition) is 0. The second kappa shape index (κ2) is 8.20. The van der Waals surface area contributed by atoms with Crippen LogP contribution in [0, 0.1) is 12.7 Å². The largest absolute Gasteiger partial charge is 0.370 e. The van der Waals surface area contributed by atoms with E-state index in [4.69, 9.17) is 16.3 Å². The molecule has 1 saturated heterocycles. The van der Waals surface area contributed by atoms with Gasteiger partial charge in [-0.25, -0.2) is 19.3 Å². The molecule has 0 radical (unpaired) electrons. The predicted molar refractivity (Wildman–Crippen MR) is 122 cm³/mol. The summed E-state index contributed by atoms with van der Waals surface area (Å²) in [7, 11) is 3.48. The Kier molecular flexibility index (Phi) is 5.34. The van der Waals surface area contributed by atoms with E-state index in [2.05, 4.69) is 20.1 Å². The average molecular weight is 470 g/mol. The topological polar surface area (TPSA) is 91.0 Å². The van der Waals surface area contributed by atoms with E-state index in [1.807, 2.05) is 18.1 Å². The minimum Gasteiger partial charge on any atom is -0.370 e. The van der Waals surface area contributed by atoms with Gasteiger partial charge in [0.1, 0.15) is 22.9 Å². The highest BCUT2D eigenvalue weighted by molar-refractivity contribution is 6.30. The van der Waals surface area contributed by atoms with Crippen molar-refractivity contribution in [3.05, 3.63) is 63.2 Å². The lowest BCUT2D eigenvalue weighted by molar-refractivity contribution is 0.0217. The second-order valence-corrected chi connectivity index (χ2v) is 8.51. The van der Waals surface area contributed by atoms with Gasteiger partial charge in [-0.1, -0.05) is 11.6 Å². The van der Waals surface area contributed by atoms with Gasteiger partial charge in [-0.15, -0.1) is 0 Å². The minimum absolute atomic E-state index is 0.0146. The molecule has 1 fully saturated rings. The molecule has 0 aliphatic carbocycles. The first-order valence-electron chi connectivity index (χ1n) is 10.3. The van der Waals surface area contributed by atoms with Gasteiger partial charge in [0.15, 0.2) is 5.52 Å². The van der Waals surface area contributed by atoms with Gasteiger partial charge in [0, 0.05) is 49.5 Å². The van der Waals surface area contributed by atoms with Crippen molar-refractivity contribution in [1.82, 2.24) is 29.3 Å². The van der Waals surface area contributed by atoms with Gasteiger partial charge in [0.25, 0.3) is 5.56 Å². The van der Waals surface area contributed by atoms with E-state index < -0.39 is 5.82 Å². The summed E-state index contributed by atoms with van der Waals surface area (Å²) in [6, 6.07) is 4.32. The quantitative estimate of drug-likeness (QED) is 0.443. The zero-order valence-corrected chi connectivity index (χ0v) is 19.0. The first kappa shape index (κ1) is 21.5. The number of halogens is 2. The summed E-state index contributed by atoms with van der Waals surface area (Å²) in [6.45, 7) is 3.26. The van der Waals surface area contributed by atoms with E-state index in [1.54, 1.807) is 30.9 Å². The fraction of sp³-hybridized carbons (Fsp3) is 0.318. The van der Waals surface area contributed by atoms with Gasteiger partial charge in [-0.3, -0.25) is 14.0 Å². The van der Waals surface area contributed by atoms with Crippen molar-refractivity contribution in [3.8, 4) is 11.3 Å². The fourth-order valence-electron chi connectivity index (χ4n) is 3.72. The lowest BCUT2D eigenvalue weighted by atomic mass is 10.1. The smallest absolute Gasteiger partial charge is 0.279 e. The maximum atomic E-state index is 14.8. The van der Waals surface area contributed by atoms with Crippen LogP contribution in [0.1, 0.15) is 11.4 Å². The first-order valence-corrected chi connectivity index (χ1v) is 10.7. The van der Waals surface area contributed by atoms with E-state index in [1.165, 1.54) is 16.7 Å². The standard InChI is InChI=1S/C22H21ClFN7O2/c1-12-26-19-18(16-5-4-14(23)6-17(16)24)27-22(28-20(19)21(32)30(12)3)31-9-15(10-31)33-11-13-7-25-29(2)8-13/h4-8,15H,9-11H2,1-3H3. The summed E-state index contributed by atoms with van der Waals surface area (Å²) >= 11 is 5.93. The maximum absolute atomic E-state index is 14.8. The Hall–Kier alpha value is -3.37. The van der Waals surface area contributed by atoms with E-state index in [0.29, 0.717) is 31.5 Å². The fourth-order valence-corrected chi connectivity index (χ4v) is 3.88. The molecule has 170 valence electrons. The van der Waals surface area contributed by atoms with Crippen LogP contribution in [0.2, 0.25) is 5.02 Å². The molecular formula is C22H21ClFN7O2. The normalized spacial score (nSPS) is 14.2. The minimum atomic E-state index is -0.546. The van der Waals surface area contributed by atoms with Crippen molar-refractivity contribution in [2.75, 3.05) is 18.0 Å². The number of aromatic nitrogens is 6. The highest BCUT2D eigenvalue weighted by Crippen LogP contribution is 2.31. The molecule has 4 heterocycles. The molecule has 0 N–H and O–H groups in total. The number of ether oxygens (including phenoxy) is 1. The van der Waals surface area contributed by atoms with Crippen molar-refractivity contribution in [2.24, 2.45) is 14.1 Å². The molecule has 0 unspecified atom stereocenters. The highest BCUT2D eigenvalue weighted by atomic mass is 35.5. The molecule has 1 aliphatic rings. The van der Waals surface area contributed by atoms with Crippen LogP contribution in [0.4, 0.5) is 10.3 Å². The van der Waals surface area contributed by atoms with Gasteiger partial charge in [0.05, 0.1) is 18.9 Å². The molecule has 33 heavy (non-hydrogen) atoms. The monoisotopic (exact) mass is 469 g/mol. The Morgan fingerprint density at radius 1 is 1.18 bits per heavy atom. The zero-order chi connectivity index (χ0) is 23.3. The molecule has 5 rings (SSSR count). The van der Waals surface area contributed by atoms with Crippen LogP contribution in [0.15, 0.2) is 35.4 Å². The summed E-state index contributed by atoms with van der Waals surface area (Å²) in [5, 5.41) is 4.40. The van der Waals surface area contributed by atoms with Gasteiger partial charge >= 0.3 is 0 Å². The number of hydrogen-bond acceptors (Lipinski definition) is 7. The summed E-state index contributed by atoms with van der Waals surface area (Å²) < 4.78 is 23.9. The number of nitrogens with zero attached hydrogens (tertiary/aromatic N) is 7. The Labute approximate surface area is 193 Å². The predicted octanol–water partition coefficient (Wildman–Crippen LogP) is 2.63. The summed E-state index contributed by atoms with van der Waals surface area (Å²) in [4.78, 5) is 28.4. The third-order valence-electron chi connectivity index (χ3n) is 5.70. The van der Waals surface area contributed by atoms with Gasteiger partial charge in [-0.05, 0) is 25.1 Å². The number of aryl methyl sites for hydroxylation is 2. The van der Waals surface area contributed by atoms with E-state index in [0.717, 1.165) is 5.56 Å². The van der Waals surface area contributed by atoms with Crippen molar-refractivity contribution in [2.45, 2.75) is 19.6 Å². The molecule has 0 saturated carbocycles. The van der Waals surface area contributed by atoms with Crippen LogP contribution in [0.5, 0.6) is 0 Å². The van der Waals surface area contributed by atoms with E-state index >= 15 is 0 Å². The number of rotatable bonds is 5. The number of benzene rings is 1. The van der Waals surface area contributed by atoms with Crippen molar-refractivity contribution < 1.29 is 9.13 Å². The van der Waals surface area contributed by atoms with Gasteiger partial charge in [-0.2, -0.15) is 5.10 Å². The molecule has 9 nitrogen and oxygen atoms in total.